The maximum absolute atomic E-state index is 14.0. The van der Waals surface area contributed by atoms with Gasteiger partial charge in [-0.1, -0.05) is 6.58 Å². The normalized spacial score (nSPS) is 11.0. The first-order valence-electron chi connectivity index (χ1n) is 6.69. The van der Waals surface area contributed by atoms with E-state index in [0.717, 1.165) is 13.8 Å². The number of halogens is 8. The minimum atomic E-state index is -2.25. The predicted octanol–water partition coefficient (Wildman–Crippen LogP) is 3.80. The van der Waals surface area contributed by atoms with Crippen LogP contribution in [0.3, 0.4) is 0 Å². The topological polar surface area (TPSA) is 0 Å². The lowest BCUT2D eigenvalue weighted by Crippen LogP contribution is -2.39. The minimum absolute atomic E-state index is 0.154. The van der Waals surface area contributed by atoms with E-state index in [2.05, 4.69) is 6.58 Å². The monoisotopic (exact) mass is 363 g/mol. The summed E-state index contributed by atoms with van der Waals surface area (Å²) in [5.74, 6) is -15.6. The van der Waals surface area contributed by atoms with E-state index >= 15 is 0 Å². The molecular weight excluding hydrogens is 355 g/mol. The van der Waals surface area contributed by atoms with E-state index in [1.165, 1.54) is 0 Å². The van der Waals surface area contributed by atoms with E-state index in [9.17, 15) is 35.1 Å². The SMILES string of the molecule is C=C(C)c1c(F)c(F)c(F)c(F)c1[B]c1c(F)c(F)c(C)c(F)c1F. The highest BCUT2D eigenvalue weighted by Crippen LogP contribution is 2.22. The second kappa shape index (κ2) is 6.53. The van der Waals surface area contributed by atoms with Gasteiger partial charge in [-0.25, -0.2) is 35.1 Å². The van der Waals surface area contributed by atoms with Gasteiger partial charge in [0.25, 0.3) is 0 Å². The summed E-state index contributed by atoms with van der Waals surface area (Å²) in [5.41, 5.74) is -4.74. The Kier molecular flexibility index (Phi) is 4.97. The minimum Gasteiger partial charge on any atom is -0.204 e. The molecule has 0 amide bonds. The van der Waals surface area contributed by atoms with Gasteiger partial charge in [0, 0.05) is 11.1 Å². The molecule has 0 unspecified atom stereocenters. The standard InChI is InChI=1S/C16H8BF8/c1-4(2)6-7(12(21)16(25)15(24)11(6)20)17-8-13(22)9(18)5(3)10(19)14(8)23/h1H2,2-3H3. The summed E-state index contributed by atoms with van der Waals surface area (Å²) in [6.07, 6.45) is 0. The van der Waals surface area contributed by atoms with Crippen LogP contribution in [0.5, 0.6) is 0 Å². The summed E-state index contributed by atoms with van der Waals surface area (Å²) in [6.45, 7) is 5.10. The Morgan fingerprint density at radius 2 is 1.04 bits per heavy atom. The van der Waals surface area contributed by atoms with Crippen LogP contribution in [0.15, 0.2) is 6.58 Å². The summed E-state index contributed by atoms with van der Waals surface area (Å²) in [6, 6.07) is 0. The van der Waals surface area contributed by atoms with Crippen molar-refractivity contribution >= 4 is 23.8 Å². The predicted molar refractivity (Wildman–Crippen MR) is 77.0 cm³/mol. The largest absolute Gasteiger partial charge is 0.204 e. The third-order valence-corrected chi connectivity index (χ3v) is 3.54. The Balaban J connectivity index is 2.81. The van der Waals surface area contributed by atoms with Crippen LogP contribution in [-0.2, 0) is 0 Å². The molecule has 2 aromatic carbocycles. The molecule has 0 aromatic heterocycles. The first-order chi connectivity index (χ1) is 11.5. The number of benzene rings is 2. The molecular formula is C16H8BF8. The fourth-order valence-corrected chi connectivity index (χ4v) is 2.23. The van der Waals surface area contributed by atoms with Gasteiger partial charge < -0.3 is 0 Å². The molecule has 9 heteroatoms. The second-order valence-electron chi connectivity index (χ2n) is 5.26. The van der Waals surface area contributed by atoms with Gasteiger partial charge >= 0.3 is 0 Å². The van der Waals surface area contributed by atoms with Crippen LogP contribution in [0.4, 0.5) is 35.1 Å². The molecule has 2 rings (SSSR count). The second-order valence-corrected chi connectivity index (χ2v) is 5.26. The molecule has 0 atom stereocenters. The van der Waals surface area contributed by atoms with Crippen LogP contribution in [0.25, 0.3) is 5.57 Å². The highest BCUT2D eigenvalue weighted by atomic mass is 19.2. The first kappa shape index (κ1) is 19.0. The molecule has 0 heterocycles. The zero-order chi connectivity index (χ0) is 19.2. The van der Waals surface area contributed by atoms with E-state index in [4.69, 9.17) is 0 Å². The van der Waals surface area contributed by atoms with Gasteiger partial charge in [0.1, 0.15) is 0 Å². The molecule has 0 aliphatic heterocycles. The summed E-state index contributed by atoms with van der Waals surface area (Å²) >= 11 is 0. The Labute approximate surface area is 138 Å². The lowest BCUT2D eigenvalue weighted by Gasteiger charge is -2.15. The van der Waals surface area contributed by atoms with Crippen molar-refractivity contribution in [3.8, 4) is 0 Å². The van der Waals surface area contributed by atoms with Crippen molar-refractivity contribution < 1.29 is 35.1 Å². The zero-order valence-electron chi connectivity index (χ0n) is 12.8. The van der Waals surface area contributed by atoms with E-state index < -0.39 is 68.6 Å². The molecule has 0 bridgehead atoms. The zero-order valence-corrected chi connectivity index (χ0v) is 12.8. The number of hydrogen-bond acceptors (Lipinski definition) is 0. The number of hydrogen-bond donors (Lipinski definition) is 0. The molecule has 2 aromatic rings. The Morgan fingerprint density at radius 3 is 1.48 bits per heavy atom. The van der Waals surface area contributed by atoms with Crippen LogP contribution in [-0.4, -0.2) is 7.28 Å². The molecule has 0 aliphatic rings. The van der Waals surface area contributed by atoms with Crippen molar-refractivity contribution in [2.75, 3.05) is 0 Å². The van der Waals surface area contributed by atoms with E-state index in [1.807, 2.05) is 0 Å². The summed E-state index contributed by atoms with van der Waals surface area (Å²) < 4.78 is 110. The van der Waals surface area contributed by atoms with Crippen molar-refractivity contribution in [2.24, 2.45) is 0 Å². The van der Waals surface area contributed by atoms with Crippen LogP contribution >= 0.6 is 0 Å². The van der Waals surface area contributed by atoms with Crippen LogP contribution in [0.2, 0.25) is 0 Å². The van der Waals surface area contributed by atoms with Crippen molar-refractivity contribution in [3.63, 3.8) is 0 Å². The van der Waals surface area contributed by atoms with Gasteiger partial charge in [0.15, 0.2) is 46.5 Å². The highest BCUT2D eigenvalue weighted by Gasteiger charge is 2.30. The Morgan fingerprint density at radius 1 is 0.640 bits per heavy atom. The Bertz CT molecular complexity index is 875. The average Bonchev–Trinajstić information content (AvgIpc) is 2.57. The highest BCUT2D eigenvalue weighted by molar-refractivity contribution is 6.68. The van der Waals surface area contributed by atoms with Gasteiger partial charge in [-0.15, -0.1) is 0 Å². The van der Waals surface area contributed by atoms with Crippen LogP contribution in [0, 0.1) is 53.5 Å². The van der Waals surface area contributed by atoms with E-state index in [0.29, 0.717) is 0 Å². The van der Waals surface area contributed by atoms with Crippen molar-refractivity contribution in [2.45, 2.75) is 13.8 Å². The van der Waals surface area contributed by atoms with Gasteiger partial charge in [0.2, 0.25) is 7.28 Å². The fourth-order valence-electron chi connectivity index (χ4n) is 2.23. The lowest BCUT2D eigenvalue weighted by atomic mass is 9.60. The molecule has 131 valence electrons. The summed E-state index contributed by atoms with van der Waals surface area (Å²) in [7, 11) is 0.154. The molecule has 0 spiro atoms. The van der Waals surface area contributed by atoms with E-state index in [1.54, 1.807) is 0 Å². The van der Waals surface area contributed by atoms with Gasteiger partial charge in [-0.05, 0) is 30.3 Å². The molecule has 0 N–H and O–H groups in total. The number of allylic oxidation sites excluding steroid dienone is 1. The average molecular weight is 363 g/mol. The van der Waals surface area contributed by atoms with Gasteiger partial charge in [-0.3, -0.25) is 0 Å². The van der Waals surface area contributed by atoms with Crippen LogP contribution < -0.4 is 10.9 Å². The maximum atomic E-state index is 14.0. The smallest absolute Gasteiger partial charge is 0.204 e. The molecule has 25 heavy (non-hydrogen) atoms. The molecule has 1 radical (unpaired) electrons. The molecule has 0 aliphatic carbocycles. The first-order valence-corrected chi connectivity index (χ1v) is 6.69. The Hall–Kier alpha value is -2.32. The molecule has 0 fully saturated rings. The van der Waals surface area contributed by atoms with E-state index in [-0.39, 0.29) is 12.9 Å². The fraction of sp³-hybridized carbons (Fsp3) is 0.125. The summed E-state index contributed by atoms with van der Waals surface area (Å²) in [5, 5.41) is 0. The quantitative estimate of drug-likeness (QED) is 0.337. The third-order valence-electron chi connectivity index (χ3n) is 3.54. The van der Waals surface area contributed by atoms with Gasteiger partial charge in [-0.2, -0.15) is 0 Å². The van der Waals surface area contributed by atoms with Crippen LogP contribution in [0.1, 0.15) is 18.1 Å². The maximum Gasteiger partial charge on any atom is 0.204 e. The molecule has 0 nitrogen and oxygen atoms in total. The third kappa shape index (κ3) is 2.92. The van der Waals surface area contributed by atoms with Crippen molar-refractivity contribution in [1.82, 2.24) is 0 Å². The van der Waals surface area contributed by atoms with Crippen molar-refractivity contribution in [3.05, 3.63) is 64.2 Å². The lowest BCUT2D eigenvalue weighted by molar-refractivity contribution is 0.411. The van der Waals surface area contributed by atoms with Crippen molar-refractivity contribution in [1.29, 1.82) is 0 Å². The summed E-state index contributed by atoms with van der Waals surface area (Å²) in [4.78, 5) is 0. The van der Waals surface area contributed by atoms with Gasteiger partial charge in [0.05, 0.1) is 0 Å². The molecule has 0 saturated carbocycles. The molecule has 0 saturated heterocycles. The number of rotatable bonds is 3.